The Morgan fingerprint density at radius 3 is 2.53 bits per heavy atom. The third kappa shape index (κ3) is 3.28. The lowest BCUT2D eigenvalue weighted by Gasteiger charge is -2.04. The molecule has 0 saturated heterocycles. The summed E-state index contributed by atoms with van der Waals surface area (Å²) in [7, 11) is 1.74. The Hall–Kier alpha value is -2.43. The molecule has 2 rings (SSSR count). The van der Waals surface area contributed by atoms with Gasteiger partial charge in [-0.1, -0.05) is 30.3 Å². The van der Waals surface area contributed by atoms with Gasteiger partial charge in [0.2, 0.25) is 5.91 Å². The quantitative estimate of drug-likeness (QED) is 0.672. The van der Waals surface area contributed by atoms with Crippen LogP contribution in [0.25, 0.3) is 0 Å². The van der Waals surface area contributed by atoms with E-state index in [9.17, 15) is 9.59 Å². The first kappa shape index (κ1) is 13.0. The van der Waals surface area contributed by atoms with Crippen LogP contribution in [0.4, 0.5) is 5.82 Å². The smallest absolute Gasteiger partial charge is 0.233 e. The van der Waals surface area contributed by atoms with Crippen molar-refractivity contribution < 1.29 is 9.59 Å². The number of carbonyl (C=O) groups excluding carboxylic acids is 2. The van der Waals surface area contributed by atoms with Crippen LogP contribution in [-0.4, -0.2) is 21.5 Å². The molecule has 98 valence electrons. The number of nitrogens with zero attached hydrogens (tertiary/aromatic N) is 2. The number of rotatable bonds is 4. The van der Waals surface area contributed by atoms with E-state index >= 15 is 0 Å². The number of ketones is 1. The number of Topliss-reactive ketones (excluding diaryl/α,β-unsaturated/α-hetero) is 1. The zero-order chi connectivity index (χ0) is 13.8. The van der Waals surface area contributed by atoms with Gasteiger partial charge in [0.05, 0.1) is 12.1 Å². The van der Waals surface area contributed by atoms with Crippen LogP contribution in [0.2, 0.25) is 0 Å². The fourth-order valence-electron chi connectivity index (χ4n) is 1.79. The third-order valence-corrected chi connectivity index (χ3v) is 2.69. The lowest BCUT2D eigenvalue weighted by molar-refractivity contribution is -0.115. The SMILES string of the molecule is Cc1cc(NC(=O)CC(=O)c2ccccc2)n(C)n1. The highest BCUT2D eigenvalue weighted by molar-refractivity contribution is 6.10. The number of hydrogen-bond acceptors (Lipinski definition) is 3. The molecule has 1 aromatic heterocycles. The molecule has 0 aliphatic carbocycles. The second kappa shape index (κ2) is 5.48. The van der Waals surface area contributed by atoms with Gasteiger partial charge in [-0.3, -0.25) is 14.3 Å². The average molecular weight is 257 g/mol. The van der Waals surface area contributed by atoms with E-state index in [0.29, 0.717) is 11.4 Å². The van der Waals surface area contributed by atoms with E-state index in [4.69, 9.17) is 0 Å². The largest absolute Gasteiger partial charge is 0.311 e. The Morgan fingerprint density at radius 1 is 1.26 bits per heavy atom. The van der Waals surface area contributed by atoms with Crippen LogP contribution in [-0.2, 0) is 11.8 Å². The summed E-state index contributed by atoms with van der Waals surface area (Å²) in [4.78, 5) is 23.6. The molecule has 1 amide bonds. The Morgan fingerprint density at radius 2 is 1.95 bits per heavy atom. The van der Waals surface area contributed by atoms with Crippen LogP contribution in [0.15, 0.2) is 36.4 Å². The highest BCUT2D eigenvalue weighted by Gasteiger charge is 2.13. The number of aryl methyl sites for hydroxylation is 2. The molecule has 0 aliphatic rings. The molecule has 0 saturated carbocycles. The fourth-order valence-corrected chi connectivity index (χ4v) is 1.79. The second-order valence-electron chi connectivity index (χ2n) is 4.31. The van der Waals surface area contributed by atoms with Crippen molar-refractivity contribution >= 4 is 17.5 Å². The summed E-state index contributed by atoms with van der Waals surface area (Å²) in [6.07, 6.45) is -0.172. The zero-order valence-corrected chi connectivity index (χ0v) is 10.9. The van der Waals surface area contributed by atoms with Gasteiger partial charge >= 0.3 is 0 Å². The minimum atomic E-state index is -0.336. The van der Waals surface area contributed by atoms with Crippen molar-refractivity contribution in [3.63, 3.8) is 0 Å². The van der Waals surface area contributed by atoms with E-state index in [1.165, 1.54) is 0 Å². The topological polar surface area (TPSA) is 64.0 Å². The lowest BCUT2D eigenvalue weighted by atomic mass is 10.1. The van der Waals surface area contributed by atoms with E-state index in [-0.39, 0.29) is 18.1 Å². The Labute approximate surface area is 111 Å². The van der Waals surface area contributed by atoms with E-state index in [1.54, 1.807) is 42.1 Å². The first-order valence-corrected chi connectivity index (χ1v) is 5.95. The van der Waals surface area contributed by atoms with E-state index in [0.717, 1.165) is 5.69 Å². The first-order chi connectivity index (χ1) is 9.06. The molecule has 0 fully saturated rings. The van der Waals surface area contributed by atoms with Crippen LogP contribution in [0.1, 0.15) is 22.5 Å². The minimum absolute atomic E-state index is 0.172. The van der Waals surface area contributed by atoms with Gasteiger partial charge in [0.25, 0.3) is 0 Å². The Kier molecular flexibility index (Phi) is 3.75. The van der Waals surface area contributed by atoms with Gasteiger partial charge in [-0.2, -0.15) is 5.10 Å². The van der Waals surface area contributed by atoms with Gasteiger partial charge in [-0.25, -0.2) is 0 Å². The van der Waals surface area contributed by atoms with Crippen molar-refractivity contribution in [2.45, 2.75) is 13.3 Å². The molecule has 2 aromatic rings. The molecule has 1 N–H and O–H groups in total. The van der Waals surface area contributed by atoms with Crippen molar-refractivity contribution in [3.05, 3.63) is 47.7 Å². The number of benzene rings is 1. The summed E-state index contributed by atoms with van der Waals surface area (Å²) in [5, 5.41) is 6.79. The molecule has 0 aliphatic heterocycles. The van der Waals surface area contributed by atoms with Crippen molar-refractivity contribution in [2.75, 3.05) is 5.32 Å². The van der Waals surface area contributed by atoms with Gasteiger partial charge in [0.1, 0.15) is 5.82 Å². The van der Waals surface area contributed by atoms with Crippen molar-refractivity contribution in [1.82, 2.24) is 9.78 Å². The molecular formula is C14H15N3O2. The van der Waals surface area contributed by atoms with Crippen molar-refractivity contribution in [2.24, 2.45) is 7.05 Å². The molecule has 0 unspecified atom stereocenters. The Bertz CT molecular complexity index is 602. The van der Waals surface area contributed by atoms with Crippen LogP contribution < -0.4 is 5.32 Å². The molecule has 1 aromatic carbocycles. The summed E-state index contributed by atoms with van der Waals surface area (Å²) in [5.74, 6) is 0.0530. The summed E-state index contributed by atoms with van der Waals surface area (Å²) in [5.41, 5.74) is 1.35. The predicted molar refractivity (Wildman–Crippen MR) is 72.0 cm³/mol. The number of anilines is 1. The monoisotopic (exact) mass is 257 g/mol. The van der Waals surface area contributed by atoms with E-state index in [1.807, 2.05) is 13.0 Å². The van der Waals surface area contributed by atoms with Crippen molar-refractivity contribution in [3.8, 4) is 0 Å². The van der Waals surface area contributed by atoms with Gasteiger partial charge in [0, 0.05) is 18.7 Å². The van der Waals surface area contributed by atoms with Crippen molar-refractivity contribution in [1.29, 1.82) is 0 Å². The molecule has 5 nitrogen and oxygen atoms in total. The standard InChI is InChI=1S/C14H15N3O2/c1-10-8-13(17(2)16-10)15-14(19)9-12(18)11-6-4-3-5-7-11/h3-8H,9H2,1-2H3,(H,15,19). The fraction of sp³-hybridized carbons (Fsp3) is 0.214. The summed E-state index contributed by atoms with van der Waals surface area (Å²) in [6, 6.07) is 10.5. The number of aromatic nitrogens is 2. The van der Waals surface area contributed by atoms with Crippen LogP contribution in [0, 0.1) is 6.92 Å². The number of amides is 1. The molecule has 0 bridgehead atoms. The minimum Gasteiger partial charge on any atom is -0.311 e. The predicted octanol–water partition coefficient (Wildman–Crippen LogP) is 1.94. The maximum absolute atomic E-state index is 11.9. The second-order valence-corrected chi connectivity index (χ2v) is 4.31. The highest BCUT2D eigenvalue weighted by atomic mass is 16.2. The van der Waals surface area contributed by atoms with E-state index in [2.05, 4.69) is 10.4 Å². The average Bonchev–Trinajstić information content (AvgIpc) is 2.68. The first-order valence-electron chi connectivity index (χ1n) is 5.95. The molecule has 0 atom stereocenters. The van der Waals surface area contributed by atoms with Gasteiger partial charge < -0.3 is 5.32 Å². The number of hydrogen-bond donors (Lipinski definition) is 1. The number of nitrogens with one attached hydrogen (secondary N) is 1. The van der Waals surface area contributed by atoms with Gasteiger partial charge in [0.15, 0.2) is 5.78 Å². The van der Waals surface area contributed by atoms with E-state index < -0.39 is 0 Å². The lowest BCUT2D eigenvalue weighted by Crippen LogP contribution is -2.18. The highest BCUT2D eigenvalue weighted by Crippen LogP contribution is 2.09. The van der Waals surface area contributed by atoms with Gasteiger partial charge in [-0.15, -0.1) is 0 Å². The van der Waals surface area contributed by atoms with Crippen LogP contribution in [0.3, 0.4) is 0 Å². The zero-order valence-electron chi connectivity index (χ0n) is 10.9. The maximum atomic E-state index is 11.9. The molecular weight excluding hydrogens is 242 g/mol. The summed E-state index contributed by atoms with van der Waals surface area (Å²) < 4.78 is 1.57. The molecule has 19 heavy (non-hydrogen) atoms. The maximum Gasteiger partial charge on any atom is 0.233 e. The molecule has 0 spiro atoms. The summed E-state index contributed by atoms with van der Waals surface area (Å²) >= 11 is 0. The molecule has 1 heterocycles. The van der Waals surface area contributed by atoms with Crippen LogP contribution >= 0.6 is 0 Å². The molecule has 5 heteroatoms. The Balaban J connectivity index is 1.99. The summed E-state index contributed by atoms with van der Waals surface area (Å²) in [6.45, 7) is 1.84. The molecule has 0 radical (unpaired) electrons. The van der Waals surface area contributed by atoms with Crippen LogP contribution in [0.5, 0.6) is 0 Å². The number of carbonyl (C=O) groups is 2. The normalized spacial score (nSPS) is 10.2. The third-order valence-electron chi connectivity index (χ3n) is 2.69. The van der Waals surface area contributed by atoms with Gasteiger partial charge in [-0.05, 0) is 6.92 Å².